The number of hydrogen-bond donors (Lipinski definition) is 0. The summed E-state index contributed by atoms with van der Waals surface area (Å²) in [6, 6.07) is 38.3. The molecule has 0 aliphatic heterocycles. The number of nitrogens with zero attached hydrogens (tertiary/aromatic N) is 3. The van der Waals surface area contributed by atoms with Gasteiger partial charge in [0, 0.05) is 33.8 Å². The van der Waals surface area contributed by atoms with Gasteiger partial charge < -0.3 is 4.29 Å². The van der Waals surface area contributed by atoms with Crippen LogP contribution in [0.5, 0.6) is 5.75 Å². The molecule has 0 fully saturated rings. The highest BCUT2D eigenvalue weighted by Gasteiger charge is 2.14. The number of rotatable bonds is 5. The molecule has 0 saturated carbocycles. The van der Waals surface area contributed by atoms with Crippen molar-refractivity contribution in [3.63, 3.8) is 0 Å². The van der Waals surface area contributed by atoms with Crippen molar-refractivity contribution < 1.29 is 4.29 Å². The lowest BCUT2D eigenvalue weighted by Gasteiger charge is -2.11. The summed E-state index contributed by atoms with van der Waals surface area (Å²) in [5.41, 5.74) is 7.31. The van der Waals surface area contributed by atoms with Gasteiger partial charge in [0.15, 0.2) is 11.6 Å². The molecule has 0 saturated heterocycles. The van der Waals surface area contributed by atoms with Crippen LogP contribution in [0.3, 0.4) is 0 Å². The fourth-order valence-electron chi connectivity index (χ4n) is 4.31. The molecule has 6 aromatic rings. The van der Waals surface area contributed by atoms with Gasteiger partial charge in [-0.25, -0.2) is 9.97 Å². The number of fused-ring (bicyclic) bond motifs is 1. The maximum absolute atomic E-state index is 5.88. The second-order valence-electron chi connectivity index (χ2n) is 8.37. The molecule has 2 heterocycles. The number of halogens is 1. The first-order chi connectivity index (χ1) is 17.8. The van der Waals surface area contributed by atoms with E-state index in [1.54, 1.807) is 6.20 Å². The summed E-state index contributed by atoms with van der Waals surface area (Å²) < 4.78 is 5.25. The zero-order valence-electron chi connectivity index (χ0n) is 19.2. The summed E-state index contributed by atoms with van der Waals surface area (Å²) in [6.45, 7) is 0. The molecule has 4 aromatic carbocycles. The summed E-state index contributed by atoms with van der Waals surface area (Å²) in [4.78, 5) is 14.2. The van der Waals surface area contributed by atoms with E-state index in [1.165, 1.54) is 0 Å². The summed E-state index contributed by atoms with van der Waals surface area (Å²) in [5, 5.41) is 0.969. The maximum atomic E-state index is 5.88. The Morgan fingerprint density at radius 2 is 1.17 bits per heavy atom. The van der Waals surface area contributed by atoms with E-state index in [4.69, 9.17) is 26.1 Å². The predicted molar refractivity (Wildman–Crippen MR) is 146 cm³/mol. The second-order valence-corrected chi connectivity index (χ2v) is 8.52. The minimum atomic E-state index is 0.544. The van der Waals surface area contributed by atoms with Gasteiger partial charge in [0.05, 0.1) is 11.4 Å². The Labute approximate surface area is 214 Å². The van der Waals surface area contributed by atoms with Crippen molar-refractivity contribution in [1.29, 1.82) is 0 Å². The van der Waals surface area contributed by atoms with Crippen molar-refractivity contribution in [2.45, 2.75) is 0 Å². The van der Waals surface area contributed by atoms with Crippen molar-refractivity contribution in [2.75, 3.05) is 0 Å². The number of aromatic nitrogens is 3. The quantitative estimate of drug-likeness (QED) is 0.247. The van der Waals surface area contributed by atoms with Crippen LogP contribution in [-0.2, 0) is 0 Å². The van der Waals surface area contributed by atoms with Gasteiger partial charge in [-0.05, 0) is 23.8 Å². The molecule has 0 N–H and O–H groups in total. The fourth-order valence-corrected chi connectivity index (χ4v) is 4.47. The first kappa shape index (κ1) is 22.0. The van der Waals surface area contributed by atoms with Crippen LogP contribution >= 0.6 is 11.9 Å². The number of pyridine rings is 1. The molecule has 5 heteroatoms. The topological polar surface area (TPSA) is 47.9 Å². The Morgan fingerprint density at radius 1 is 0.556 bits per heavy atom. The van der Waals surface area contributed by atoms with E-state index in [0.717, 1.165) is 50.1 Å². The van der Waals surface area contributed by atoms with E-state index in [9.17, 15) is 0 Å². The Balaban J connectivity index is 1.44. The van der Waals surface area contributed by atoms with Crippen molar-refractivity contribution in [3.05, 3.63) is 121 Å². The zero-order valence-corrected chi connectivity index (χ0v) is 19.9. The molecule has 0 aliphatic carbocycles. The van der Waals surface area contributed by atoms with Gasteiger partial charge in [-0.1, -0.05) is 97.1 Å². The molecule has 2 aromatic heterocycles. The van der Waals surface area contributed by atoms with E-state index in [0.29, 0.717) is 11.6 Å². The van der Waals surface area contributed by atoms with Crippen molar-refractivity contribution in [2.24, 2.45) is 0 Å². The number of hydrogen-bond acceptors (Lipinski definition) is 4. The Hall–Kier alpha value is -4.54. The van der Waals surface area contributed by atoms with E-state index < -0.39 is 0 Å². The standard InChI is InChI=1S/C31H20ClN3O/c32-36-30-26(18-17-24-12-7-19-33-29(24)30)21-13-15-23(16-14-21)28-20-27(22-8-3-1-4-9-22)34-31(35-28)25-10-5-2-6-11-25/h1-20H. The molecule has 172 valence electrons. The molecule has 0 atom stereocenters. The molecule has 0 aliphatic rings. The molecular weight excluding hydrogens is 466 g/mol. The lowest BCUT2D eigenvalue weighted by atomic mass is 9.99. The molecule has 0 unspecified atom stereocenters. The largest absolute Gasteiger partial charge is 0.383 e. The van der Waals surface area contributed by atoms with Crippen molar-refractivity contribution in [3.8, 4) is 50.8 Å². The van der Waals surface area contributed by atoms with Gasteiger partial charge in [-0.3, -0.25) is 4.98 Å². The summed E-state index contributed by atoms with van der Waals surface area (Å²) in [5.74, 6) is 1.23. The van der Waals surface area contributed by atoms with Gasteiger partial charge in [-0.2, -0.15) is 0 Å². The molecule has 0 radical (unpaired) electrons. The molecule has 6 rings (SSSR count). The van der Waals surface area contributed by atoms with Gasteiger partial charge in [0.2, 0.25) is 0 Å². The SMILES string of the molecule is ClOc1c(-c2ccc(-c3cc(-c4ccccc4)nc(-c4ccccc4)n3)cc2)ccc2cccnc12. The fraction of sp³-hybridized carbons (Fsp3) is 0. The first-order valence-corrected chi connectivity index (χ1v) is 11.9. The highest BCUT2D eigenvalue weighted by Crippen LogP contribution is 2.37. The van der Waals surface area contributed by atoms with Crippen LogP contribution in [0.15, 0.2) is 121 Å². The monoisotopic (exact) mass is 485 g/mol. The Morgan fingerprint density at radius 3 is 1.83 bits per heavy atom. The zero-order chi connectivity index (χ0) is 24.3. The Kier molecular flexibility index (Phi) is 5.86. The van der Waals surface area contributed by atoms with Gasteiger partial charge in [0.25, 0.3) is 0 Å². The third-order valence-electron chi connectivity index (χ3n) is 6.12. The van der Waals surface area contributed by atoms with Crippen LogP contribution in [0.25, 0.3) is 55.9 Å². The molecular formula is C31H20ClN3O. The van der Waals surface area contributed by atoms with Gasteiger partial charge >= 0.3 is 0 Å². The molecule has 0 amide bonds. The van der Waals surface area contributed by atoms with E-state index in [-0.39, 0.29) is 0 Å². The Bertz CT molecular complexity index is 1600. The van der Waals surface area contributed by atoms with Crippen molar-refractivity contribution in [1.82, 2.24) is 15.0 Å². The highest BCUT2D eigenvalue weighted by molar-refractivity contribution is 6.11. The van der Waals surface area contributed by atoms with Gasteiger partial charge in [-0.15, -0.1) is 0 Å². The van der Waals surface area contributed by atoms with Crippen LogP contribution in [-0.4, -0.2) is 15.0 Å². The average Bonchev–Trinajstić information content (AvgIpc) is 2.97. The van der Waals surface area contributed by atoms with E-state index in [1.807, 2.05) is 91.0 Å². The van der Waals surface area contributed by atoms with Crippen LogP contribution in [0.1, 0.15) is 0 Å². The normalized spacial score (nSPS) is 10.9. The predicted octanol–water partition coefficient (Wildman–Crippen LogP) is 8.23. The average molecular weight is 486 g/mol. The summed E-state index contributed by atoms with van der Waals surface area (Å²) in [7, 11) is 0. The lowest BCUT2D eigenvalue weighted by Crippen LogP contribution is -1.96. The highest BCUT2D eigenvalue weighted by atomic mass is 35.5. The van der Waals surface area contributed by atoms with Crippen LogP contribution in [0.2, 0.25) is 0 Å². The van der Waals surface area contributed by atoms with Gasteiger partial charge in [0.1, 0.15) is 17.4 Å². The van der Waals surface area contributed by atoms with Crippen molar-refractivity contribution >= 4 is 22.8 Å². The number of benzene rings is 4. The molecule has 4 nitrogen and oxygen atoms in total. The minimum Gasteiger partial charge on any atom is -0.383 e. The van der Waals surface area contributed by atoms with Crippen LogP contribution in [0.4, 0.5) is 0 Å². The first-order valence-electron chi connectivity index (χ1n) is 11.6. The molecule has 0 spiro atoms. The van der Waals surface area contributed by atoms with E-state index in [2.05, 4.69) is 29.2 Å². The summed E-state index contributed by atoms with van der Waals surface area (Å²) in [6.07, 6.45) is 1.73. The van der Waals surface area contributed by atoms with Crippen LogP contribution < -0.4 is 4.29 Å². The smallest absolute Gasteiger partial charge is 0.180 e. The maximum Gasteiger partial charge on any atom is 0.180 e. The van der Waals surface area contributed by atoms with Crippen LogP contribution in [0, 0.1) is 0 Å². The third-order valence-corrected chi connectivity index (χ3v) is 6.28. The second kappa shape index (κ2) is 9.61. The molecule has 36 heavy (non-hydrogen) atoms. The van der Waals surface area contributed by atoms with E-state index >= 15 is 0 Å². The summed E-state index contributed by atoms with van der Waals surface area (Å²) >= 11 is 5.88. The molecule has 0 bridgehead atoms. The minimum absolute atomic E-state index is 0.544. The third kappa shape index (κ3) is 4.19. The lowest BCUT2D eigenvalue weighted by molar-refractivity contribution is 0.627.